The summed E-state index contributed by atoms with van der Waals surface area (Å²) < 4.78 is 5.07. The van der Waals surface area contributed by atoms with Gasteiger partial charge in [-0.25, -0.2) is 9.59 Å². The average molecular weight is 343 g/mol. The molecule has 0 radical (unpaired) electrons. The minimum atomic E-state index is -1.15. The van der Waals surface area contributed by atoms with Gasteiger partial charge >= 0.3 is 12.1 Å². The Balaban J connectivity index is 2.01. The molecule has 0 aromatic heterocycles. The zero-order chi connectivity index (χ0) is 18.4. The van der Waals surface area contributed by atoms with E-state index in [0.717, 1.165) is 22.3 Å². The Bertz CT molecular complexity index is 735. The van der Waals surface area contributed by atoms with Crippen molar-refractivity contribution in [2.75, 3.05) is 0 Å². The highest BCUT2D eigenvalue weighted by molar-refractivity contribution is 5.80. The molecule has 0 aliphatic rings. The lowest BCUT2D eigenvalue weighted by Gasteiger charge is -2.17. The topological polar surface area (TPSA) is 95.9 Å². The first-order valence-electron chi connectivity index (χ1n) is 7.86. The Morgan fingerprint density at radius 3 is 2.28 bits per heavy atom. The number of aromatic hydroxyl groups is 1. The molecule has 6 heteroatoms. The maximum Gasteiger partial charge on any atom is 0.408 e. The minimum Gasteiger partial charge on any atom is -0.508 e. The third-order valence-electron chi connectivity index (χ3n) is 3.89. The van der Waals surface area contributed by atoms with Crippen molar-refractivity contribution >= 4 is 12.1 Å². The summed E-state index contributed by atoms with van der Waals surface area (Å²) in [6.07, 6.45) is -0.682. The molecule has 0 saturated carbocycles. The lowest BCUT2D eigenvalue weighted by atomic mass is 9.96. The van der Waals surface area contributed by atoms with Crippen LogP contribution in [-0.4, -0.2) is 28.3 Å². The number of phenolic OH excluding ortho intramolecular Hbond substituents is 1. The third kappa shape index (κ3) is 5.24. The van der Waals surface area contributed by atoms with E-state index in [4.69, 9.17) is 4.74 Å². The van der Waals surface area contributed by atoms with E-state index in [0.29, 0.717) is 0 Å². The largest absolute Gasteiger partial charge is 0.508 e. The van der Waals surface area contributed by atoms with Crippen LogP contribution in [0.2, 0.25) is 0 Å². The number of hydrogen-bond donors (Lipinski definition) is 3. The number of alkyl carbamates (subject to hydrolysis) is 1. The Hall–Kier alpha value is -3.02. The molecule has 0 heterocycles. The summed E-state index contributed by atoms with van der Waals surface area (Å²) >= 11 is 0. The molecule has 0 bridgehead atoms. The molecule has 0 fully saturated rings. The smallest absolute Gasteiger partial charge is 0.408 e. The van der Waals surface area contributed by atoms with Gasteiger partial charge in [0.15, 0.2) is 0 Å². The molecule has 1 amide bonds. The van der Waals surface area contributed by atoms with E-state index in [-0.39, 0.29) is 18.8 Å². The van der Waals surface area contributed by atoms with Crippen LogP contribution in [0.25, 0.3) is 0 Å². The van der Waals surface area contributed by atoms with E-state index in [1.807, 2.05) is 30.3 Å². The van der Waals surface area contributed by atoms with E-state index in [9.17, 15) is 19.8 Å². The molecule has 0 spiro atoms. The fourth-order valence-corrected chi connectivity index (χ4v) is 2.60. The first-order valence-corrected chi connectivity index (χ1v) is 7.86. The van der Waals surface area contributed by atoms with Crippen molar-refractivity contribution in [3.05, 3.63) is 64.7 Å². The van der Waals surface area contributed by atoms with Crippen molar-refractivity contribution < 1.29 is 24.5 Å². The van der Waals surface area contributed by atoms with Gasteiger partial charge < -0.3 is 20.3 Å². The van der Waals surface area contributed by atoms with Crippen LogP contribution in [0.3, 0.4) is 0 Å². The van der Waals surface area contributed by atoms with Crippen molar-refractivity contribution in [3.63, 3.8) is 0 Å². The minimum absolute atomic E-state index is 0.0658. The second-order valence-electron chi connectivity index (χ2n) is 5.86. The molecular weight excluding hydrogens is 322 g/mol. The number of carboxylic acids is 1. The lowest BCUT2D eigenvalue weighted by Crippen LogP contribution is -2.42. The van der Waals surface area contributed by atoms with Gasteiger partial charge in [0.1, 0.15) is 18.4 Å². The van der Waals surface area contributed by atoms with Crippen LogP contribution in [0.5, 0.6) is 5.75 Å². The number of amides is 1. The predicted molar refractivity (Wildman–Crippen MR) is 92.5 cm³/mol. The highest BCUT2D eigenvalue weighted by atomic mass is 16.5. The highest BCUT2D eigenvalue weighted by Gasteiger charge is 2.23. The summed E-state index contributed by atoms with van der Waals surface area (Å²) in [5.74, 6) is -1.02. The first-order chi connectivity index (χ1) is 11.9. The molecule has 132 valence electrons. The molecule has 0 saturated heterocycles. The normalized spacial score (nSPS) is 11.6. The van der Waals surface area contributed by atoms with Crippen molar-refractivity contribution in [2.45, 2.75) is 32.9 Å². The predicted octanol–water partition coefficient (Wildman–Crippen LogP) is 2.93. The molecule has 3 N–H and O–H groups in total. The van der Waals surface area contributed by atoms with Crippen LogP contribution in [0.1, 0.15) is 22.3 Å². The molecule has 0 aliphatic heterocycles. The molecule has 2 aromatic carbocycles. The summed E-state index contributed by atoms with van der Waals surface area (Å²) in [6, 6.07) is 11.1. The number of carbonyl (C=O) groups is 2. The monoisotopic (exact) mass is 343 g/mol. The quantitative estimate of drug-likeness (QED) is 0.749. The standard InChI is InChI=1S/C19H21NO5/c1-12-8-15(21)9-13(2)16(12)10-17(18(22)23)20-19(24)25-11-14-6-4-3-5-7-14/h3-9,17,21H,10-11H2,1-2H3,(H,20,24)(H,22,23)/t17-/m0/s1. The van der Waals surface area contributed by atoms with Crippen molar-refractivity contribution in [2.24, 2.45) is 0 Å². The maximum absolute atomic E-state index is 11.9. The van der Waals surface area contributed by atoms with Crippen LogP contribution in [0, 0.1) is 13.8 Å². The number of carboxylic acid groups (broad SMARTS) is 1. The number of hydrogen-bond acceptors (Lipinski definition) is 4. The molecule has 1 atom stereocenters. The van der Waals surface area contributed by atoms with Gasteiger partial charge in [-0.05, 0) is 48.2 Å². The zero-order valence-electron chi connectivity index (χ0n) is 14.2. The van der Waals surface area contributed by atoms with Crippen LogP contribution >= 0.6 is 0 Å². The second kappa shape index (κ2) is 8.19. The lowest BCUT2D eigenvalue weighted by molar-refractivity contribution is -0.139. The molecule has 6 nitrogen and oxygen atoms in total. The van der Waals surface area contributed by atoms with Crippen LogP contribution in [0.4, 0.5) is 4.79 Å². The van der Waals surface area contributed by atoms with E-state index in [2.05, 4.69) is 5.32 Å². The number of aryl methyl sites for hydroxylation is 2. The molecular formula is C19H21NO5. The first kappa shape index (κ1) is 18.3. The summed E-state index contributed by atoms with van der Waals surface area (Å²) in [5, 5.41) is 21.3. The Morgan fingerprint density at radius 1 is 1.12 bits per heavy atom. The number of phenols is 1. The number of benzene rings is 2. The number of carbonyl (C=O) groups excluding carboxylic acids is 1. The van der Waals surface area contributed by atoms with Crippen LogP contribution in [0.15, 0.2) is 42.5 Å². The summed E-state index contributed by atoms with van der Waals surface area (Å²) in [4.78, 5) is 23.4. The van der Waals surface area contributed by atoms with Crippen molar-refractivity contribution in [1.82, 2.24) is 5.32 Å². The fourth-order valence-electron chi connectivity index (χ4n) is 2.60. The molecule has 0 unspecified atom stereocenters. The van der Waals surface area contributed by atoms with Crippen molar-refractivity contribution in [1.29, 1.82) is 0 Å². The van der Waals surface area contributed by atoms with Crippen LogP contribution < -0.4 is 5.32 Å². The summed E-state index contributed by atoms with van der Waals surface area (Å²) in [6.45, 7) is 3.64. The molecule has 0 aliphatic carbocycles. The average Bonchev–Trinajstić information content (AvgIpc) is 2.55. The van der Waals surface area contributed by atoms with E-state index in [1.165, 1.54) is 0 Å². The Kier molecular flexibility index (Phi) is 6.00. The summed E-state index contributed by atoms with van der Waals surface area (Å²) in [5.41, 5.74) is 3.12. The zero-order valence-corrected chi connectivity index (χ0v) is 14.2. The van der Waals surface area contributed by atoms with Gasteiger partial charge in [0.25, 0.3) is 0 Å². The van der Waals surface area contributed by atoms with E-state index >= 15 is 0 Å². The van der Waals surface area contributed by atoms with E-state index < -0.39 is 18.1 Å². The van der Waals surface area contributed by atoms with Gasteiger partial charge in [0.2, 0.25) is 0 Å². The van der Waals surface area contributed by atoms with Crippen LogP contribution in [-0.2, 0) is 22.6 Å². The van der Waals surface area contributed by atoms with Gasteiger partial charge in [0, 0.05) is 6.42 Å². The van der Waals surface area contributed by atoms with Gasteiger partial charge in [0.05, 0.1) is 0 Å². The highest BCUT2D eigenvalue weighted by Crippen LogP contribution is 2.22. The van der Waals surface area contributed by atoms with E-state index in [1.54, 1.807) is 26.0 Å². The number of aliphatic carboxylic acids is 1. The SMILES string of the molecule is Cc1cc(O)cc(C)c1C[C@H](NC(=O)OCc1ccccc1)C(=O)O. The summed E-state index contributed by atoms with van der Waals surface area (Å²) in [7, 11) is 0. The molecule has 2 rings (SSSR count). The second-order valence-corrected chi connectivity index (χ2v) is 5.86. The van der Waals surface area contributed by atoms with Gasteiger partial charge in [-0.3, -0.25) is 0 Å². The Morgan fingerprint density at radius 2 is 1.72 bits per heavy atom. The maximum atomic E-state index is 11.9. The van der Waals surface area contributed by atoms with Crippen molar-refractivity contribution in [3.8, 4) is 5.75 Å². The number of rotatable bonds is 6. The van der Waals surface area contributed by atoms with Gasteiger partial charge in [-0.2, -0.15) is 0 Å². The Labute approximate surface area is 146 Å². The number of nitrogens with one attached hydrogen (secondary N) is 1. The van der Waals surface area contributed by atoms with Gasteiger partial charge in [-0.1, -0.05) is 30.3 Å². The third-order valence-corrected chi connectivity index (χ3v) is 3.89. The number of ether oxygens (including phenoxy) is 1. The molecule has 25 heavy (non-hydrogen) atoms. The molecule has 2 aromatic rings. The fraction of sp³-hybridized carbons (Fsp3) is 0.263. The van der Waals surface area contributed by atoms with Gasteiger partial charge in [-0.15, -0.1) is 0 Å².